The van der Waals surface area contributed by atoms with Crippen LogP contribution in [0.2, 0.25) is 0 Å². The van der Waals surface area contributed by atoms with E-state index in [2.05, 4.69) is 19.3 Å². The molecule has 33 heavy (non-hydrogen) atoms. The summed E-state index contributed by atoms with van der Waals surface area (Å²) in [5, 5.41) is 13.2. The second-order valence-corrected chi connectivity index (χ2v) is 8.88. The molecule has 6 heteroatoms. The Bertz CT molecular complexity index is 979. The summed E-state index contributed by atoms with van der Waals surface area (Å²) >= 11 is 0. The van der Waals surface area contributed by atoms with Gasteiger partial charge in [0, 0.05) is 5.69 Å². The van der Waals surface area contributed by atoms with E-state index in [0.717, 1.165) is 31.4 Å². The Kier molecular flexibility index (Phi) is 7.26. The van der Waals surface area contributed by atoms with Gasteiger partial charge in [0.15, 0.2) is 0 Å². The number of nitrogens with one attached hydrogen (secondary N) is 1. The first kappa shape index (κ1) is 23.2. The molecule has 0 radical (unpaired) electrons. The zero-order valence-electron chi connectivity index (χ0n) is 19.3. The number of rotatable bonds is 9. The molecule has 2 amide bonds. The lowest BCUT2D eigenvalue weighted by molar-refractivity contribution is -0.123. The number of carbonyl (C=O) groups is 2. The van der Waals surface area contributed by atoms with E-state index in [9.17, 15) is 14.7 Å². The monoisotopic (exact) mass is 447 g/mol. The van der Waals surface area contributed by atoms with E-state index in [0.29, 0.717) is 5.69 Å². The van der Waals surface area contributed by atoms with E-state index >= 15 is 0 Å². The SMILES string of the molecule is CCCCC(CC)C(O)C1C=CC2C(=O)N(c3ccccc3)C(=O)C2N1Nc1ccccc1. The molecule has 1 saturated heterocycles. The molecule has 2 aromatic carbocycles. The van der Waals surface area contributed by atoms with Crippen molar-refractivity contribution in [2.24, 2.45) is 11.8 Å². The standard InChI is InChI=1S/C27H33N3O3/c1-3-5-12-19(4-2)25(31)23-18-17-22-24(30(23)28-20-13-8-6-9-14-20)27(33)29(26(22)32)21-15-10-7-11-16-21/h6-11,13-19,22-25,28,31H,3-5,12H2,1-2H3. The van der Waals surface area contributed by atoms with Gasteiger partial charge in [0.25, 0.3) is 5.91 Å². The van der Waals surface area contributed by atoms with E-state index in [4.69, 9.17) is 0 Å². The number of para-hydroxylation sites is 2. The van der Waals surface area contributed by atoms with Crippen LogP contribution in [0.25, 0.3) is 0 Å². The fourth-order valence-electron chi connectivity index (χ4n) is 4.95. The summed E-state index contributed by atoms with van der Waals surface area (Å²) < 4.78 is 0. The molecule has 0 aromatic heterocycles. The molecule has 0 bridgehead atoms. The third-order valence-corrected chi connectivity index (χ3v) is 6.79. The summed E-state index contributed by atoms with van der Waals surface area (Å²) in [6, 6.07) is 17.5. The van der Waals surface area contributed by atoms with Crippen LogP contribution in [0, 0.1) is 11.8 Å². The minimum Gasteiger partial charge on any atom is -0.391 e. The topological polar surface area (TPSA) is 72.9 Å². The second-order valence-electron chi connectivity index (χ2n) is 8.88. The zero-order valence-corrected chi connectivity index (χ0v) is 19.3. The highest BCUT2D eigenvalue weighted by atomic mass is 16.3. The van der Waals surface area contributed by atoms with E-state index in [-0.39, 0.29) is 17.7 Å². The lowest BCUT2D eigenvalue weighted by atomic mass is 9.85. The number of amides is 2. The van der Waals surface area contributed by atoms with Gasteiger partial charge in [-0.1, -0.05) is 81.7 Å². The number of hydrogen-bond acceptors (Lipinski definition) is 5. The Labute approximate surface area is 195 Å². The predicted molar refractivity (Wildman–Crippen MR) is 130 cm³/mol. The fraction of sp³-hybridized carbons (Fsp3) is 0.407. The van der Waals surface area contributed by atoms with E-state index in [1.54, 1.807) is 12.1 Å². The van der Waals surface area contributed by atoms with Crippen molar-refractivity contribution in [2.45, 2.75) is 57.7 Å². The van der Waals surface area contributed by atoms with Crippen molar-refractivity contribution in [3.63, 3.8) is 0 Å². The summed E-state index contributed by atoms with van der Waals surface area (Å²) in [4.78, 5) is 28.2. The van der Waals surface area contributed by atoms with E-state index in [1.165, 1.54) is 4.90 Å². The van der Waals surface area contributed by atoms with Crippen molar-refractivity contribution in [3.8, 4) is 0 Å². The van der Waals surface area contributed by atoms with Gasteiger partial charge in [-0.05, 0) is 36.6 Å². The van der Waals surface area contributed by atoms with Crippen LogP contribution in [0.1, 0.15) is 39.5 Å². The van der Waals surface area contributed by atoms with E-state index in [1.807, 2.05) is 65.7 Å². The van der Waals surface area contributed by atoms with Crippen LogP contribution in [0.4, 0.5) is 11.4 Å². The van der Waals surface area contributed by atoms with Gasteiger partial charge in [0.1, 0.15) is 6.04 Å². The van der Waals surface area contributed by atoms with Crippen molar-refractivity contribution in [1.82, 2.24) is 5.01 Å². The molecule has 2 aliphatic rings. The van der Waals surface area contributed by atoms with Crippen LogP contribution in [-0.4, -0.2) is 40.1 Å². The zero-order chi connectivity index (χ0) is 23.4. The fourth-order valence-corrected chi connectivity index (χ4v) is 4.95. The van der Waals surface area contributed by atoms with Crippen LogP contribution in [0.5, 0.6) is 0 Å². The number of fused-ring (bicyclic) bond motifs is 1. The molecule has 0 aliphatic carbocycles. The summed E-state index contributed by atoms with van der Waals surface area (Å²) in [6.07, 6.45) is 6.94. The van der Waals surface area contributed by atoms with Gasteiger partial charge in [-0.2, -0.15) is 0 Å². The number of aliphatic hydroxyl groups is 1. The lowest BCUT2D eigenvalue weighted by Gasteiger charge is -2.42. The maximum Gasteiger partial charge on any atom is 0.254 e. The quantitative estimate of drug-likeness (QED) is 0.441. The van der Waals surface area contributed by atoms with Crippen LogP contribution < -0.4 is 10.3 Å². The number of imide groups is 1. The first-order chi connectivity index (χ1) is 16.1. The van der Waals surface area contributed by atoms with Crippen LogP contribution >= 0.6 is 0 Å². The third kappa shape index (κ3) is 4.59. The Morgan fingerprint density at radius 1 is 0.939 bits per heavy atom. The number of carbonyl (C=O) groups excluding carboxylic acids is 2. The molecule has 5 unspecified atom stereocenters. The third-order valence-electron chi connectivity index (χ3n) is 6.79. The number of nitrogens with zero attached hydrogens (tertiary/aromatic N) is 2. The summed E-state index contributed by atoms with van der Waals surface area (Å²) in [7, 11) is 0. The van der Waals surface area contributed by atoms with Crippen molar-refractivity contribution in [1.29, 1.82) is 0 Å². The van der Waals surface area contributed by atoms with Crippen molar-refractivity contribution in [2.75, 3.05) is 10.3 Å². The first-order valence-corrected chi connectivity index (χ1v) is 12.0. The number of benzene rings is 2. The average Bonchev–Trinajstić information content (AvgIpc) is 3.11. The molecular weight excluding hydrogens is 414 g/mol. The molecule has 6 nitrogen and oxygen atoms in total. The normalized spacial score (nSPS) is 24.6. The van der Waals surface area contributed by atoms with Gasteiger partial charge in [-0.15, -0.1) is 0 Å². The molecule has 174 valence electrons. The molecule has 2 heterocycles. The number of hydrazine groups is 1. The lowest BCUT2D eigenvalue weighted by Crippen LogP contribution is -2.58. The first-order valence-electron chi connectivity index (χ1n) is 12.0. The summed E-state index contributed by atoms with van der Waals surface area (Å²) in [5.74, 6) is -1.01. The Morgan fingerprint density at radius 3 is 2.24 bits per heavy atom. The molecule has 2 aromatic rings. The highest BCUT2D eigenvalue weighted by molar-refractivity contribution is 6.24. The maximum absolute atomic E-state index is 13.6. The van der Waals surface area contributed by atoms with Gasteiger partial charge < -0.3 is 10.5 Å². The Balaban J connectivity index is 1.69. The van der Waals surface area contributed by atoms with Crippen LogP contribution in [0.3, 0.4) is 0 Å². The predicted octanol–water partition coefficient (Wildman–Crippen LogP) is 4.39. The molecule has 2 aliphatic heterocycles. The molecular formula is C27H33N3O3. The van der Waals surface area contributed by atoms with Gasteiger partial charge >= 0.3 is 0 Å². The molecule has 4 rings (SSSR count). The molecule has 5 atom stereocenters. The van der Waals surface area contributed by atoms with Crippen LogP contribution in [-0.2, 0) is 9.59 Å². The van der Waals surface area contributed by atoms with Gasteiger partial charge in [-0.3, -0.25) is 9.59 Å². The smallest absolute Gasteiger partial charge is 0.254 e. The van der Waals surface area contributed by atoms with E-state index < -0.39 is 24.1 Å². The number of anilines is 2. The van der Waals surface area contributed by atoms with Gasteiger partial charge in [0.2, 0.25) is 5.91 Å². The number of unbranched alkanes of at least 4 members (excludes halogenated alkanes) is 1. The molecule has 0 spiro atoms. The largest absolute Gasteiger partial charge is 0.391 e. The highest BCUT2D eigenvalue weighted by Crippen LogP contribution is 2.37. The Hall–Kier alpha value is -2.96. The average molecular weight is 448 g/mol. The number of aliphatic hydroxyl groups excluding tert-OH is 1. The summed E-state index contributed by atoms with van der Waals surface area (Å²) in [6.45, 7) is 4.24. The van der Waals surface area contributed by atoms with Crippen LogP contribution in [0.15, 0.2) is 72.8 Å². The Morgan fingerprint density at radius 2 is 1.61 bits per heavy atom. The molecule has 0 saturated carbocycles. The van der Waals surface area contributed by atoms with Crippen molar-refractivity contribution in [3.05, 3.63) is 72.8 Å². The number of hydrogen-bond donors (Lipinski definition) is 2. The maximum atomic E-state index is 13.6. The molecule has 1 fully saturated rings. The second kappa shape index (κ2) is 10.3. The highest BCUT2D eigenvalue weighted by Gasteiger charge is 2.54. The van der Waals surface area contributed by atoms with Crippen molar-refractivity contribution < 1.29 is 14.7 Å². The minimum atomic E-state index is -0.730. The minimum absolute atomic E-state index is 0.105. The summed E-state index contributed by atoms with van der Waals surface area (Å²) in [5.41, 5.74) is 4.74. The van der Waals surface area contributed by atoms with Gasteiger partial charge in [-0.25, -0.2) is 9.91 Å². The van der Waals surface area contributed by atoms with Crippen molar-refractivity contribution >= 4 is 23.2 Å². The molecule has 2 N–H and O–H groups in total. The van der Waals surface area contributed by atoms with Gasteiger partial charge in [0.05, 0.1) is 23.8 Å².